The first-order chi connectivity index (χ1) is 8.56. The van der Waals surface area contributed by atoms with Crippen molar-refractivity contribution >= 4 is 23.2 Å². The molecule has 7 heteroatoms. The Morgan fingerprint density at radius 2 is 1.89 bits per heavy atom. The van der Waals surface area contributed by atoms with Crippen LogP contribution in [0.3, 0.4) is 0 Å². The van der Waals surface area contributed by atoms with E-state index in [1.54, 1.807) is 6.07 Å². The van der Waals surface area contributed by atoms with Crippen molar-refractivity contribution in [1.82, 2.24) is 0 Å². The highest BCUT2D eigenvalue weighted by atomic mass is 35.5. The van der Waals surface area contributed by atoms with Gasteiger partial charge in [-0.3, -0.25) is 4.79 Å². The summed E-state index contributed by atoms with van der Waals surface area (Å²) in [6.45, 7) is 2.72. The molecule has 0 atom stereocenters. The highest BCUT2D eigenvalue weighted by Crippen LogP contribution is 2.33. The normalized spacial score (nSPS) is 11.8. The Balaban J connectivity index is 3.08. The van der Waals surface area contributed by atoms with Gasteiger partial charge in [0, 0.05) is 10.7 Å². The number of nitrogens with zero attached hydrogens (tertiary/aromatic N) is 1. The molecular formula is C12H10ClF3N2O. The van der Waals surface area contributed by atoms with E-state index in [4.69, 9.17) is 16.9 Å². The zero-order chi connectivity index (χ0) is 14.8. The zero-order valence-corrected chi connectivity index (χ0v) is 10.9. The summed E-state index contributed by atoms with van der Waals surface area (Å²) < 4.78 is 37.7. The molecule has 1 amide bonds. The van der Waals surface area contributed by atoms with Gasteiger partial charge in [0.15, 0.2) is 0 Å². The summed E-state index contributed by atoms with van der Waals surface area (Å²) in [5.41, 5.74) is -2.42. The van der Waals surface area contributed by atoms with Gasteiger partial charge in [-0.1, -0.05) is 11.6 Å². The first kappa shape index (κ1) is 15.3. The maximum absolute atomic E-state index is 12.6. The highest BCUT2D eigenvalue weighted by Gasteiger charge is 2.32. The largest absolute Gasteiger partial charge is 0.416 e. The molecule has 0 fully saturated rings. The zero-order valence-electron chi connectivity index (χ0n) is 10.1. The van der Waals surface area contributed by atoms with Crippen molar-refractivity contribution in [3.63, 3.8) is 0 Å². The number of benzene rings is 1. The first-order valence-corrected chi connectivity index (χ1v) is 5.54. The summed E-state index contributed by atoms with van der Waals surface area (Å²) in [7, 11) is 0. The first-order valence-electron chi connectivity index (χ1n) is 5.17. The molecule has 0 spiro atoms. The summed E-state index contributed by atoms with van der Waals surface area (Å²) in [6, 6.07) is 4.45. The van der Waals surface area contributed by atoms with Crippen LogP contribution in [0, 0.1) is 16.7 Å². The van der Waals surface area contributed by atoms with Crippen molar-refractivity contribution in [3.05, 3.63) is 28.8 Å². The molecule has 0 aliphatic carbocycles. The van der Waals surface area contributed by atoms with Gasteiger partial charge < -0.3 is 5.32 Å². The van der Waals surface area contributed by atoms with E-state index in [0.717, 1.165) is 12.1 Å². The van der Waals surface area contributed by atoms with Crippen molar-refractivity contribution in [2.75, 3.05) is 5.32 Å². The smallest absolute Gasteiger partial charge is 0.325 e. The lowest BCUT2D eigenvalue weighted by Crippen LogP contribution is -2.29. The van der Waals surface area contributed by atoms with E-state index in [2.05, 4.69) is 5.32 Å². The Bertz CT molecular complexity index is 547. The third-order valence-corrected chi connectivity index (χ3v) is 2.55. The summed E-state index contributed by atoms with van der Waals surface area (Å²) in [5.74, 6) is -0.703. The van der Waals surface area contributed by atoms with Gasteiger partial charge in [0.1, 0.15) is 5.41 Å². The minimum absolute atomic E-state index is 0.104. The second-order valence-corrected chi connectivity index (χ2v) is 4.85. The van der Waals surface area contributed by atoms with Crippen LogP contribution >= 0.6 is 11.6 Å². The molecule has 0 aromatic heterocycles. The van der Waals surface area contributed by atoms with E-state index in [9.17, 15) is 18.0 Å². The van der Waals surface area contributed by atoms with Crippen molar-refractivity contribution in [2.45, 2.75) is 20.0 Å². The number of anilines is 1. The molecule has 0 bridgehead atoms. The standard InChI is InChI=1S/C12H10ClF3N2O/c1-11(2,6-17)10(19)18-9-4-7(12(14,15)16)3-8(13)5-9/h3-5H,1-2H3,(H,18,19). The van der Waals surface area contributed by atoms with Crippen molar-refractivity contribution in [3.8, 4) is 6.07 Å². The van der Waals surface area contributed by atoms with Crippen LogP contribution in [0.1, 0.15) is 19.4 Å². The van der Waals surface area contributed by atoms with Gasteiger partial charge in [-0.25, -0.2) is 0 Å². The lowest BCUT2D eigenvalue weighted by Gasteiger charge is -2.16. The van der Waals surface area contributed by atoms with Gasteiger partial charge in [0.05, 0.1) is 11.6 Å². The van der Waals surface area contributed by atoms with Crippen molar-refractivity contribution in [1.29, 1.82) is 5.26 Å². The number of halogens is 4. The Labute approximate surface area is 113 Å². The molecule has 0 saturated heterocycles. The van der Waals surface area contributed by atoms with Gasteiger partial charge >= 0.3 is 6.18 Å². The van der Waals surface area contributed by atoms with Crippen LogP contribution < -0.4 is 5.32 Å². The summed E-state index contributed by atoms with van der Waals surface area (Å²) in [5, 5.41) is 10.9. The molecule has 0 saturated carbocycles. The second-order valence-electron chi connectivity index (χ2n) is 4.42. The van der Waals surface area contributed by atoms with Crippen molar-refractivity contribution < 1.29 is 18.0 Å². The third-order valence-electron chi connectivity index (χ3n) is 2.33. The molecule has 0 heterocycles. The van der Waals surface area contributed by atoms with Gasteiger partial charge in [-0.15, -0.1) is 0 Å². The molecular weight excluding hydrogens is 281 g/mol. The third kappa shape index (κ3) is 3.86. The Hall–Kier alpha value is -1.74. The van der Waals surface area contributed by atoms with E-state index >= 15 is 0 Å². The van der Waals surface area contributed by atoms with Crippen molar-refractivity contribution in [2.24, 2.45) is 5.41 Å². The number of hydrogen-bond donors (Lipinski definition) is 1. The van der Waals surface area contributed by atoms with Crippen LogP contribution in [-0.4, -0.2) is 5.91 Å². The average Bonchev–Trinajstić information content (AvgIpc) is 2.27. The van der Waals surface area contributed by atoms with E-state index in [-0.39, 0.29) is 10.7 Å². The molecule has 1 aromatic carbocycles. The van der Waals surface area contributed by atoms with E-state index in [1.807, 2.05) is 0 Å². The number of nitriles is 1. The minimum Gasteiger partial charge on any atom is -0.325 e. The number of rotatable bonds is 2. The van der Waals surface area contributed by atoms with Gasteiger partial charge in [0.2, 0.25) is 5.91 Å². The maximum Gasteiger partial charge on any atom is 0.416 e. The fourth-order valence-corrected chi connectivity index (χ4v) is 1.40. The number of alkyl halides is 3. The van der Waals surface area contributed by atoms with E-state index < -0.39 is 23.1 Å². The Morgan fingerprint density at radius 3 is 2.37 bits per heavy atom. The van der Waals surface area contributed by atoms with Crippen LogP contribution in [0.5, 0.6) is 0 Å². The monoisotopic (exact) mass is 290 g/mol. The lowest BCUT2D eigenvalue weighted by atomic mass is 9.94. The molecule has 19 heavy (non-hydrogen) atoms. The molecule has 1 rings (SSSR count). The quantitative estimate of drug-likeness (QED) is 0.899. The fraction of sp³-hybridized carbons (Fsp3) is 0.333. The SMILES string of the molecule is CC(C)(C#N)C(=O)Nc1cc(Cl)cc(C(F)(F)F)c1. The molecule has 1 aromatic rings. The predicted octanol–water partition coefficient (Wildman–Crippen LogP) is 3.85. The number of hydrogen-bond acceptors (Lipinski definition) is 2. The predicted molar refractivity (Wildman–Crippen MR) is 64.5 cm³/mol. The molecule has 0 aliphatic rings. The summed E-state index contributed by atoms with van der Waals surface area (Å²) >= 11 is 5.57. The molecule has 0 radical (unpaired) electrons. The topological polar surface area (TPSA) is 52.9 Å². The summed E-state index contributed by atoms with van der Waals surface area (Å²) in [6.07, 6.45) is -4.56. The van der Waals surface area contributed by atoms with Crippen LogP contribution in [0.4, 0.5) is 18.9 Å². The number of carbonyl (C=O) groups excluding carboxylic acids is 1. The molecule has 1 N–H and O–H groups in total. The second kappa shape index (κ2) is 5.10. The van der Waals surface area contributed by atoms with Crippen LogP contribution in [-0.2, 0) is 11.0 Å². The fourth-order valence-electron chi connectivity index (χ4n) is 1.16. The molecule has 0 aliphatic heterocycles. The van der Waals surface area contributed by atoms with Crippen LogP contribution in [0.2, 0.25) is 5.02 Å². The van der Waals surface area contributed by atoms with E-state index in [1.165, 1.54) is 19.9 Å². The Kier molecular flexibility index (Phi) is 4.11. The number of amides is 1. The van der Waals surface area contributed by atoms with Crippen LogP contribution in [0.25, 0.3) is 0 Å². The van der Waals surface area contributed by atoms with Crippen LogP contribution in [0.15, 0.2) is 18.2 Å². The number of carbonyl (C=O) groups is 1. The number of nitrogens with one attached hydrogen (secondary N) is 1. The lowest BCUT2D eigenvalue weighted by molar-refractivity contribution is -0.137. The maximum atomic E-state index is 12.6. The highest BCUT2D eigenvalue weighted by molar-refractivity contribution is 6.31. The van der Waals surface area contributed by atoms with Gasteiger partial charge in [0.25, 0.3) is 0 Å². The van der Waals surface area contributed by atoms with Gasteiger partial charge in [-0.2, -0.15) is 18.4 Å². The molecule has 3 nitrogen and oxygen atoms in total. The minimum atomic E-state index is -4.56. The summed E-state index contributed by atoms with van der Waals surface area (Å²) in [4.78, 5) is 11.7. The van der Waals surface area contributed by atoms with E-state index in [0.29, 0.717) is 0 Å². The Morgan fingerprint density at radius 1 is 1.32 bits per heavy atom. The molecule has 102 valence electrons. The molecule has 0 unspecified atom stereocenters. The van der Waals surface area contributed by atoms with Gasteiger partial charge in [-0.05, 0) is 32.0 Å². The average molecular weight is 291 g/mol.